The number of aromatic nitrogens is 2. The summed E-state index contributed by atoms with van der Waals surface area (Å²) in [6, 6.07) is 2.92. The molecule has 1 aromatic heterocycles. The molecule has 32 heavy (non-hydrogen) atoms. The van der Waals surface area contributed by atoms with Crippen LogP contribution in [0, 0.1) is 12.7 Å². The second-order valence-corrected chi connectivity index (χ2v) is 8.06. The van der Waals surface area contributed by atoms with Crippen LogP contribution in [0.3, 0.4) is 0 Å². The van der Waals surface area contributed by atoms with Crippen LogP contribution in [-0.4, -0.2) is 32.0 Å². The van der Waals surface area contributed by atoms with E-state index in [2.05, 4.69) is 15.3 Å². The zero-order chi connectivity index (χ0) is 23.4. The smallest absolute Gasteiger partial charge is 0.419 e. The number of phenolic OH excluding ortho intramolecular Hbond substituents is 1. The highest BCUT2D eigenvalue weighted by atomic mass is 35.5. The van der Waals surface area contributed by atoms with Gasteiger partial charge in [-0.1, -0.05) is 23.7 Å². The molecule has 0 bridgehead atoms. The van der Waals surface area contributed by atoms with E-state index >= 15 is 0 Å². The van der Waals surface area contributed by atoms with Gasteiger partial charge < -0.3 is 15.5 Å². The minimum Gasteiger partial charge on any atom is -0.506 e. The van der Waals surface area contributed by atoms with Crippen LogP contribution in [0.1, 0.15) is 36.3 Å². The first kappa shape index (κ1) is 22.3. The number of phenols is 1. The highest BCUT2D eigenvalue weighted by Crippen LogP contribution is 2.55. The molecule has 2 aromatic carbocycles. The molecular weight excluding hydrogens is 450 g/mol. The summed E-state index contributed by atoms with van der Waals surface area (Å²) in [7, 11) is 0. The highest BCUT2D eigenvalue weighted by Gasteiger charge is 2.61. The minimum atomic E-state index is -5.05. The first-order valence-corrected chi connectivity index (χ1v) is 9.99. The monoisotopic (exact) mass is 467 g/mol. The summed E-state index contributed by atoms with van der Waals surface area (Å²) in [6.07, 6.45) is -3.14. The Bertz CT molecular complexity index is 1260. The maximum absolute atomic E-state index is 14.3. The number of aryl methyl sites for hydroxylation is 1. The molecule has 1 aliphatic carbocycles. The van der Waals surface area contributed by atoms with Crippen molar-refractivity contribution in [1.29, 1.82) is 0 Å². The van der Waals surface area contributed by atoms with E-state index < -0.39 is 35.8 Å². The summed E-state index contributed by atoms with van der Waals surface area (Å²) in [5.74, 6) is -0.754. The van der Waals surface area contributed by atoms with Gasteiger partial charge in [-0.15, -0.1) is 0 Å². The first-order valence-electron chi connectivity index (χ1n) is 9.61. The second-order valence-electron chi connectivity index (χ2n) is 7.65. The summed E-state index contributed by atoms with van der Waals surface area (Å²) in [6.45, 7) is 3.10. The average molecular weight is 468 g/mol. The van der Waals surface area contributed by atoms with Gasteiger partial charge in [0.25, 0.3) is 0 Å². The van der Waals surface area contributed by atoms with Gasteiger partial charge in [-0.3, -0.25) is 0 Å². The van der Waals surface area contributed by atoms with Crippen LogP contribution in [0.5, 0.6) is 5.75 Å². The molecule has 10 heteroatoms. The molecule has 5 nitrogen and oxygen atoms in total. The number of alkyl halides is 3. The maximum Gasteiger partial charge on any atom is 0.419 e. The molecule has 0 aliphatic heterocycles. The molecule has 2 atom stereocenters. The Morgan fingerprint density at radius 2 is 2.00 bits per heavy atom. The first-order chi connectivity index (χ1) is 15.0. The summed E-state index contributed by atoms with van der Waals surface area (Å²) in [5.41, 5.74) is -2.94. The van der Waals surface area contributed by atoms with Crippen LogP contribution in [0.2, 0.25) is 5.02 Å². The second kappa shape index (κ2) is 7.60. The number of rotatable bonds is 2. The Labute approximate surface area is 185 Å². The van der Waals surface area contributed by atoms with Gasteiger partial charge in [-0.2, -0.15) is 13.2 Å². The van der Waals surface area contributed by atoms with Gasteiger partial charge in [0.2, 0.25) is 0 Å². The Balaban J connectivity index is 1.97. The molecule has 1 aliphatic rings. The van der Waals surface area contributed by atoms with Crippen LogP contribution in [0.4, 0.5) is 23.2 Å². The van der Waals surface area contributed by atoms with E-state index in [0.717, 1.165) is 12.1 Å². The van der Waals surface area contributed by atoms with Crippen molar-refractivity contribution in [3.05, 3.63) is 64.3 Å². The lowest BCUT2D eigenvalue weighted by atomic mass is 9.72. The van der Waals surface area contributed by atoms with Gasteiger partial charge in [0.05, 0.1) is 16.6 Å². The predicted molar refractivity (Wildman–Crippen MR) is 113 cm³/mol. The van der Waals surface area contributed by atoms with E-state index in [1.165, 1.54) is 31.3 Å². The number of aromatic hydroxyl groups is 1. The predicted octanol–water partition coefficient (Wildman–Crippen LogP) is 5.69. The molecule has 0 saturated carbocycles. The molecule has 0 spiro atoms. The van der Waals surface area contributed by atoms with Crippen molar-refractivity contribution in [2.45, 2.75) is 38.1 Å². The fraction of sp³-hybridized carbons (Fsp3) is 0.273. The molecule has 0 amide bonds. The molecule has 168 valence electrons. The molecule has 4 rings (SSSR count). The number of nitrogens with zero attached hydrogens (tertiary/aromatic N) is 2. The lowest BCUT2D eigenvalue weighted by Crippen LogP contribution is -2.54. The van der Waals surface area contributed by atoms with Crippen LogP contribution in [0.25, 0.3) is 16.5 Å². The standard InChI is InChI=1S/C22H18ClF4N3O2/c1-3-11-8-21(32,22(25,26)27)20(13-4-5-15(23)19(31)18(11)13)30-17-7-12(24)6-16-14(17)9-28-10(2)29-16/h3-7,9,20,30-32H,8H2,1-2H3/b11-3-. The third-order valence-electron chi connectivity index (χ3n) is 5.66. The van der Waals surface area contributed by atoms with E-state index in [4.69, 9.17) is 11.6 Å². The Hall–Kier alpha value is -2.91. The van der Waals surface area contributed by atoms with Crippen molar-refractivity contribution in [3.8, 4) is 5.75 Å². The summed E-state index contributed by atoms with van der Waals surface area (Å²) in [5, 5.41) is 24.4. The summed E-state index contributed by atoms with van der Waals surface area (Å²) in [4.78, 5) is 8.17. The Morgan fingerprint density at radius 1 is 1.28 bits per heavy atom. The number of aliphatic hydroxyl groups is 1. The Kier molecular flexibility index (Phi) is 5.29. The van der Waals surface area contributed by atoms with Crippen molar-refractivity contribution in [2.24, 2.45) is 0 Å². The van der Waals surface area contributed by atoms with Gasteiger partial charge >= 0.3 is 6.18 Å². The summed E-state index contributed by atoms with van der Waals surface area (Å²) >= 11 is 6.00. The summed E-state index contributed by atoms with van der Waals surface area (Å²) < 4.78 is 56.9. The zero-order valence-corrected chi connectivity index (χ0v) is 17.7. The van der Waals surface area contributed by atoms with E-state index in [1.807, 2.05) is 0 Å². The zero-order valence-electron chi connectivity index (χ0n) is 16.9. The average Bonchev–Trinajstić information content (AvgIpc) is 2.70. The van der Waals surface area contributed by atoms with E-state index in [9.17, 15) is 27.8 Å². The number of hydrogen-bond donors (Lipinski definition) is 3. The van der Waals surface area contributed by atoms with Gasteiger partial charge in [-0.05, 0) is 37.1 Å². The molecule has 1 heterocycles. The third kappa shape index (κ3) is 3.45. The van der Waals surface area contributed by atoms with Crippen molar-refractivity contribution in [1.82, 2.24) is 9.97 Å². The van der Waals surface area contributed by atoms with E-state index in [0.29, 0.717) is 5.82 Å². The van der Waals surface area contributed by atoms with Crippen molar-refractivity contribution in [3.63, 3.8) is 0 Å². The normalized spacial score (nSPS) is 22.2. The largest absolute Gasteiger partial charge is 0.506 e. The van der Waals surface area contributed by atoms with Crippen LogP contribution >= 0.6 is 11.6 Å². The topological polar surface area (TPSA) is 78.3 Å². The lowest BCUT2D eigenvalue weighted by Gasteiger charge is -2.44. The number of benzene rings is 2. The molecule has 3 N–H and O–H groups in total. The third-order valence-corrected chi connectivity index (χ3v) is 5.96. The van der Waals surface area contributed by atoms with Crippen molar-refractivity contribution < 1.29 is 27.8 Å². The molecular formula is C22H18ClF4N3O2. The molecule has 0 fully saturated rings. The van der Waals surface area contributed by atoms with Gasteiger partial charge in [0.1, 0.15) is 17.4 Å². The fourth-order valence-electron chi connectivity index (χ4n) is 4.07. The molecule has 3 aromatic rings. The van der Waals surface area contributed by atoms with Gasteiger partial charge in [0.15, 0.2) is 5.60 Å². The van der Waals surface area contributed by atoms with Gasteiger partial charge in [0, 0.05) is 35.3 Å². The fourth-order valence-corrected chi connectivity index (χ4v) is 4.23. The maximum atomic E-state index is 14.3. The Morgan fingerprint density at radius 3 is 2.66 bits per heavy atom. The van der Waals surface area contributed by atoms with E-state index in [-0.39, 0.29) is 38.3 Å². The van der Waals surface area contributed by atoms with Gasteiger partial charge in [-0.25, -0.2) is 14.4 Å². The number of nitrogens with one attached hydrogen (secondary N) is 1. The van der Waals surface area contributed by atoms with E-state index in [1.54, 1.807) is 6.92 Å². The lowest BCUT2D eigenvalue weighted by molar-refractivity contribution is -0.265. The van der Waals surface area contributed by atoms with Crippen LogP contribution in [-0.2, 0) is 0 Å². The molecule has 0 radical (unpaired) electrons. The number of halogens is 5. The molecule has 0 saturated heterocycles. The number of fused-ring (bicyclic) bond motifs is 2. The number of allylic oxidation sites excluding steroid dienone is 1. The van der Waals surface area contributed by atoms with Crippen molar-refractivity contribution in [2.75, 3.05) is 5.32 Å². The quantitative estimate of drug-likeness (QED) is 0.422. The van der Waals surface area contributed by atoms with Crippen LogP contribution in [0.15, 0.2) is 36.5 Å². The van der Waals surface area contributed by atoms with Crippen molar-refractivity contribution >= 4 is 33.8 Å². The SMILES string of the molecule is C/C=C1/CC(O)(C(F)(F)F)C(Nc2cc(F)cc3nc(C)ncc23)c2ccc(Cl)c(O)c21. The number of hydrogen-bond acceptors (Lipinski definition) is 5. The molecule has 2 unspecified atom stereocenters. The van der Waals surface area contributed by atoms with Crippen LogP contribution < -0.4 is 5.32 Å². The minimum absolute atomic E-state index is 0.0306. The number of anilines is 1. The highest BCUT2D eigenvalue weighted by molar-refractivity contribution is 6.32.